The Kier molecular flexibility index (Phi) is 6.05. The first-order valence-corrected chi connectivity index (χ1v) is 13.4. The van der Waals surface area contributed by atoms with Crippen molar-refractivity contribution in [2.45, 2.75) is 36.4 Å². The number of aromatic nitrogens is 1. The fourth-order valence-electron chi connectivity index (χ4n) is 4.68. The highest BCUT2D eigenvalue weighted by molar-refractivity contribution is 7.92. The van der Waals surface area contributed by atoms with Crippen LogP contribution in [0.25, 0.3) is 11.1 Å². The molecule has 3 aromatic rings. The van der Waals surface area contributed by atoms with Gasteiger partial charge in [0.2, 0.25) is 5.88 Å². The molecule has 10 heteroatoms. The third-order valence-electron chi connectivity index (χ3n) is 6.30. The predicted molar refractivity (Wildman–Crippen MR) is 132 cm³/mol. The molecule has 34 heavy (non-hydrogen) atoms. The minimum Gasteiger partial charge on any atom is -0.481 e. The lowest BCUT2D eigenvalue weighted by molar-refractivity contribution is 0.256. The summed E-state index contributed by atoms with van der Waals surface area (Å²) in [6, 6.07) is 8.55. The number of hydrogen-bond acceptors (Lipinski definition) is 7. The SMILES string of the molecule is COc1ncccc1-c1ccc2c(c1NC(=O)NS(=O)(=O)c1cc3c(s1)CCN(C)C3)CCC2. The monoisotopic (exact) mass is 498 g/mol. The number of likely N-dealkylation sites (N-methyl/N-ethyl adjacent to an activating group) is 1. The summed E-state index contributed by atoms with van der Waals surface area (Å²) in [7, 11) is -0.441. The van der Waals surface area contributed by atoms with Gasteiger partial charge in [-0.3, -0.25) is 0 Å². The summed E-state index contributed by atoms with van der Waals surface area (Å²) in [5, 5.41) is 2.84. The Morgan fingerprint density at radius 2 is 2.00 bits per heavy atom. The molecule has 2 amide bonds. The summed E-state index contributed by atoms with van der Waals surface area (Å²) in [6.07, 6.45) is 5.15. The number of fused-ring (bicyclic) bond motifs is 2. The maximum absolute atomic E-state index is 13.0. The van der Waals surface area contributed by atoms with Crippen molar-refractivity contribution in [1.29, 1.82) is 0 Å². The molecule has 8 nitrogen and oxygen atoms in total. The zero-order chi connectivity index (χ0) is 23.9. The Hall–Kier alpha value is -2.95. The van der Waals surface area contributed by atoms with E-state index < -0.39 is 16.1 Å². The number of pyridine rings is 1. The van der Waals surface area contributed by atoms with Crippen molar-refractivity contribution in [2.24, 2.45) is 0 Å². The van der Waals surface area contributed by atoms with Gasteiger partial charge in [-0.25, -0.2) is 22.9 Å². The van der Waals surface area contributed by atoms with Crippen LogP contribution in [0.5, 0.6) is 5.88 Å². The molecule has 0 bridgehead atoms. The smallest absolute Gasteiger partial charge is 0.333 e. The average Bonchev–Trinajstić information content (AvgIpc) is 3.46. The van der Waals surface area contributed by atoms with E-state index >= 15 is 0 Å². The molecule has 1 aliphatic heterocycles. The highest BCUT2D eigenvalue weighted by atomic mass is 32.2. The number of methoxy groups -OCH3 is 1. The van der Waals surface area contributed by atoms with Crippen molar-refractivity contribution >= 4 is 33.1 Å². The van der Waals surface area contributed by atoms with Crippen molar-refractivity contribution in [3.8, 4) is 17.0 Å². The summed E-state index contributed by atoms with van der Waals surface area (Å²) in [5.74, 6) is 0.436. The van der Waals surface area contributed by atoms with Crippen molar-refractivity contribution in [1.82, 2.24) is 14.6 Å². The number of hydrogen-bond donors (Lipinski definition) is 2. The second-order valence-electron chi connectivity index (χ2n) is 8.60. The number of anilines is 1. The quantitative estimate of drug-likeness (QED) is 0.555. The maximum Gasteiger partial charge on any atom is 0.333 e. The molecule has 0 radical (unpaired) electrons. The van der Waals surface area contributed by atoms with Crippen LogP contribution >= 0.6 is 11.3 Å². The predicted octanol–water partition coefficient (Wildman–Crippen LogP) is 3.81. The Morgan fingerprint density at radius 1 is 1.15 bits per heavy atom. The second-order valence-corrected chi connectivity index (χ2v) is 11.6. The molecule has 3 heterocycles. The number of nitrogens with one attached hydrogen (secondary N) is 2. The minimum absolute atomic E-state index is 0.162. The number of aryl methyl sites for hydroxylation is 1. The van der Waals surface area contributed by atoms with Crippen LogP contribution < -0.4 is 14.8 Å². The Balaban J connectivity index is 1.44. The van der Waals surface area contributed by atoms with Gasteiger partial charge in [-0.15, -0.1) is 11.3 Å². The van der Waals surface area contributed by atoms with Crippen LogP contribution in [-0.2, 0) is 35.8 Å². The lowest BCUT2D eigenvalue weighted by Crippen LogP contribution is -2.34. The van der Waals surface area contributed by atoms with Crippen LogP contribution in [-0.4, -0.2) is 45.0 Å². The Morgan fingerprint density at radius 3 is 2.82 bits per heavy atom. The van der Waals surface area contributed by atoms with Gasteiger partial charge in [-0.1, -0.05) is 12.1 Å². The summed E-state index contributed by atoms with van der Waals surface area (Å²) in [5.41, 5.74) is 5.25. The van der Waals surface area contributed by atoms with E-state index in [2.05, 4.69) is 26.0 Å². The van der Waals surface area contributed by atoms with Gasteiger partial charge in [0.1, 0.15) is 4.21 Å². The van der Waals surface area contributed by atoms with E-state index in [0.29, 0.717) is 18.1 Å². The van der Waals surface area contributed by atoms with Crippen LogP contribution in [0.1, 0.15) is 28.0 Å². The molecule has 1 aliphatic carbocycles. The van der Waals surface area contributed by atoms with Gasteiger partial charge in [0.05, 0.1) is 12.8 Å². The molecular formula is C24H26N4O4S2. The summed E-state index contributed by atoms with van der Waals surface area (Å²) in [4.78, 5) is 20.5. The molecule has 0 spiro atoms. The molecule has 2 aliphatic rings. The lowest BCUT2D eigenvalue weighted by atomic mass is 9.98. The molecule has 0 saturated carbocycles. The molecule has 1 aromatic carbocycles. The summed E-state index contributed by atoms with van der Waals surface area (Å²) >= 11 is 1.24. The van der Waals surface area contributed by atoms with Crippen molar-refractivity contribution < 1.29 is 17.9 Å². The normalized spacial score (nSPS) is 15.5. The molecular weight excluding hydrogens is 472 g/mol. The van der Waals surface area contributed by atoms with Gasteiger partial charge in [0.25, 0.3) is 10.0 Å². The number of benzene rings is 1. The van der Waals surface area contributed by atoms with Crippen molar-refractivity contribution in [2.75, 3.05) is 26.0 Å². The van der Waals surface area contributed by atoms with Gasteiger partial charge in [0, 0.05) is 35.3 Å². The fourth-order valence-corrected chi connectivity index (χ4v) is 7.13. The van der Waals surface area contributed by atoms with Gasteiger partial charge in [-0.2, -0.15) is 0 Å². The van der Waals surface area contributed by atoms with E-state index in [0.717, 1.165) is 64.9 Å². The summed E-state index contributed by atoms with van der Waals surface area (Å²) < 4.78 is 33.8. The largest absolute Gasteiger partial charge is 0.481 e. The van der Waals surface area contributed by atoms with Crippen LogP contribution in [0, 0.1) is 0 Å². The standard InChI is InChI=1S/C24H26N4O4S2/c1-28-12-10-20-16(14-28)13-21(33-20)34(30,31)27-24(29)26-22-17-6-3-5-15(17)8-9-18(22)19-7-4-11-25-23(19)32-2/h4,7-9,11,13H,3,5-6,10,12,14H2,1-2H3,(H2,26,27,29). The zero-order valence-electron chi connectivity index (χ0n) is 19.1. The highest BCUT2D eigenvalue weighted by Gasteiger charge is 2.27. The Bertz CT molecular complexity index is 1370. The van der Waals surface area contributed by atoms with Crippen LogP contribution in [0.3, 0.4) is 0 Å². The fraction of sp³-hybridized carbons (Fsp3) is 0.333. The molecule has 0 saturated heterocycles. The average molecular weight is 499 g/mol. The molecule has 5 rings (SSSR count). The van der Waals surface area contributed by atoms with Crippen LogP contribution in [0.2, 0.25) is 0 Å². The van der Waals surface area contributed by atoms with Crippen molar-refractivity contribution in [3.05, 3.63) is 58.1 Å². The summed E-state index contributed by atoms with van der Waals surface area (Å²) in [6.45, 7) is 1.60. The molecule has 178 valence electrons. The first kappa shape index (κ1) is 22.8. The number of sulfonamides is 1. The third kappa shape index (κ3) is 4.28. The van der Waals surface area contributed by atoms with Gasteiger partial charge < -0.3 is 15.0 Å². The zero-order valence-corrected chi connectivity index (χ0v) is 20.7. The molecule has 2 N–H and O–H groups in total. The van der Waals surface area contributed by atoms with Crippen LogP contribution in [0.15, 0.2) is 40.7 Å². The topological polar surface area (TPSA) is 101 Å². The number of urea groups is 1. The number of carbonyl (C=O) groups is 1. The number of rotatable bonds is 5. The van der Waals surface area contributed by atoms with E-state index in [1.54, 1.807) is 25.4 Å². The highest BCUT2D eigenvalue weighted by Crippen LogP contribution is 2.40. The number of amides is 2. The molecule has 2 aromatic heterocycles. The minimum atomic E-state index is -3.99. The van der Waals surface area contributed by atoms with E-state index in [1.807, 2.05) is 19.2 Å². The van der Waals surface area contributed by atoms with E-state index in [9.17, 15) is 13.2 Å². The number of carbonyl (C=O) groups excluding carboxylic acids is 1. The first-order chi connectivity index (χ1) is 16.4. The van der Waals surface area contributed by atoms with Crippen molar-refractivity contribution in [3.63, 3.8) is 0 Å². The number of nitrogens with zero attached hydrogens (tertiary/aromatic N) is 2. The lowest BCUT2D eigenvalue weighted by Gasteiger charge is -2.21. The van der Waals surface area contributed by atoms with E-state index in [1.165, 1.54) is 11.3 Å². The molecule has 0 unspecified atom stereocenters. The maximum atomic E-state index is 13.0. The van der Waals surface area contributed by atoms with Gasteiger partial charge in [-0.05, 0) is 67.6 Å². The number of ether oxygens (including phenoxy) is 1. The second kappa shape index (κ2) is 9.01. The van der Waals surface area contributed by atoms with Crippen LogP contribution in [0.4, 0.5) is 10.5 Å². The van der Waals surface area contributed by atoms with Gasteiger partial charge >= 0.3 is 6.03 Å². The van der Waals surface area contributed by atoms with E-state index in [4.69, 9.17) is 4.74 Å². The first-order valence-electron chi connectivity index (χ1n) is 11.1. The molecule has 0 atom stereocenters. The van der Waals surface area contributed by atoms with Gasteiger partial charge in [0.15, 0.2) is 0 Å². The molecule has 0 fully saturated rings. The van der Waals surface area contributed by atoms with E-state index in [-0.39, 0.29) is 4.21 Å². The number of thiophene rings is 1. The third-order valence-corrected chi connectivity index (χ3v) is 9.34. The Labute approximate surface area is 203 Å².